The SMILES string of the molecule is COC(=O)CN(C)C(=O)C(=O)Nc1ccc(C)cc1. The van der Waals surface area contributed by atoms with E-state index in [1.807, 2.05) is 19.1 Å². The molecule has 0 fully saturated rings. The van der Waals surface area contributed by atoms with Gasteiger partial charge in [0.15, 0.2) is 0 Å². The van der Waals surface area contributed by atoms with Crippen LogP contribution in [0.3, 0.4) is 0 Å². The molecule has 0 spiro atoms. The van der Waals surface area contributed by atoms with Gasteiger partial charge in [-0.15, -0.1) is 0 Å². The van der Waals surface area contributed by atoms with E-state index in [9.17, 15) is 14.4 Å². The maximum absolute atomic E-state index is 11.7. The summed E-state index contributed by atoms with van der Waals surface area (Å²) in [5.74, 6) is -2.18. The Balaban J connectivity index is 2.60. The monoisotopic (exact) mass is 264 g/mol. The number of esters is 1. The molecule has 0 aliphatic heterocycles. The van der Waals surface area contributed by atoms with Gasteiger partial charge in [-0.2, -0.15) is 0 Å². The molecule has 0 unspecified atom stereocenters. The summed E-state index contributed by atoms with van der Waals surface area (Å²) >= 11 is 0. The van der Waals surface area contributed by atoms with Crippen LogP contribution in [-0.4, -0.2) is 43.4 Å². The fourth-order valence-corrected chi connectivity index (χ4v) is 1.32. The Hall–Kier alpha value is -2.37. The van der Waals surface area contributed by atoms with Crippen LogP contribution in [0.2, 0.25) is 0 Å². The van der Waals surface area contributed by atoms with Crippen LogP contribution >= 0.6 is 0 Å². The van der Waals surface area contributed by atoms with Gasteiger partial charge in [0.2, 0.25) is 0 Å². The normalized spacial score (nSPS) is 9.63. The van der Waals surface area contributed by atoms with Crippen molar-refractivity contribution in [1.29, 1.82) is 0 Å². The van der Waals surface area contributed by atoms with Crippen LogP contribution in [0.1, 0.15) is 5.56 Å². The summed E-state index contributed by atoms with van der Waals surface area (Å²) in [7, 11) is 2.57. The highest BCUT2D eigenvalue weighted by Gasteiger charge is 2.20. The van der Waals surface area contributed by atoms with Crippen molar-refractivity contribution in [2.45, 2.75) is 6.92 Å². The summed E-state index contributed by atoms with van der Waals surface area (Å²) in [6, 6.07) is 7.03. The standard InChI is InChI=1S/C13H16N2O4/c1-9-4-6-10(7-5-9)14-12(17)13(18)15(2)8-11(16)19-3/h4-7H,8H2,1-3H3,(H,14,17). The number of likely N-dealkylation sites (N-methyl/N-ethyl adjacent to an activating group) is 1. The minimum atomic E-state index is -0.800. The van der Waals surface area contributed by atoms with Crippen LogP contribution in [0.15, 0.2) is 24.3 Å². The zero-order valence-electron chi connectivity index (χ0n) is 11.1. The first-order valence-corrected chi connectivity index (χ1v) is 5.64. The molecule has 1 aromatic carbocycles. The fraction of sp³-hybridized carbons (Fsp3) is 0.308. The smallest absolute Gasteiger partial charge is 0.325 e. The number of benzene rings is 1. The lowest BCUT2D eigenvalue weighted by Crippen LogP contribution is -2.40. The van der Waals surface area contributed by atoms with Gasteiger partial charge in [-0.25, -0.2) is 0 Å². The number of hydrogen-bond donors (Lipinski definition) is 1. The highest BCUT2D eigenvalue weighted by atomic mass is 16.5. The minimum Gasteiger partial charge on any atom is -0.468 e. The van der Waals surface area contributed by atoms with Gasteiger partial charge in [0, 0.05) is 12.7 Å². The van der Waals surface area contributed by atoms with E-state index in [0.717, 1.165) is 10.5 Å². The number of anilines is 1. The van der Waals surface area contributed by atoms with E-state index in [0.29, 0.717) is 5.69 Å². The van der Waals surface area contributed by atoms with Crippen LogP contribution in [0.5, 0.6) is 0 Å². The number of hydrogen-bond acceptors (Lipinski definition) is 4. The Kier molecular flexibility index (Phi) is 5.05. The molecule has 0 saturated heterocycles. The Morgan fingerprint density at radius 3 is 2.32 bits per heavy atom. The Bertz CT molecular complexity index is 482. The molecule has 19 heavy (non-hydrogen) atoms. The molecule has 0 atom stereocenters. The summed E-state index contributed by atoms with van der Waals surface area (Å²) in [5.41, 5.74) is 1.57. The number of aryl methyl sites for hydroxylation is 1. The van der Waals surface area contributed by atoms with Gasteiger partial charge < -0.3 is 15.0 Å². The first-order valence-electron chi connectivity index (χ1n) is 5.64. The topological polar surface area (TPSA) is 75.7 Å². The van der Waals surface area contributed by atoms with E-state index >= 15 is 0 Å². The van der Waals surface area contributed by atoms with Gasteiger partial charge in [-0.05, 0) is 19.1 Å². The van der Waals surface area contributed by atoms with Gasteiger partial charge in [0.1, 0.15) is 6.54 Å². The Labute approximate surface area is 111 Å². The van der Waals surface area contributed by atoms with Crippen molar-refractivity contribution < 1.29 is 19.1 Å². The van der Waals surface area contributed by atoms with E-state index in [2.05, 4.69) is 10.1 Å². The maximum Gasteiger partial charge on any atom is 0.325 e. The van der Waals surface area contributed by atoms with E-state index in [4.69, 9.17) is 0 Å². The number of nitrogens with zero attached hydrogens (tertiary/aromatic N) is 1. The molecule has 0 saturated carbocycles. The second-order valence-electron chi connectivity index (χ2n) is 4.06. The lowest BCUT2D eigenvalue weighted by atomic mass is 10.2. The zero-order valence-corrected chi connectivity index (χ0v) is 11.1. The number of methoxy groups -OCH3 is 1. The molecule has 1 aromatic rings. The summed E-state index contributed by atoms with van der Waals surface area (Å²) in [5, 5.41) is 2.46. The van der Waals surface area contributed by atoms with Crippen LogP contribution in [0.4, 0.5) is 5.69 Å². The third-order valence-corrected chi connectivity index (χ3v) is 2.44. The van der Waals surface area contributed by atoms with Crippen LogP contribution in [-0.2, 0) is 19.1 Å². The lowest BCUT2D eigenvalue weighted by Gasteiger charge is -2.15. The molecule has 102 valence electrons. The quantitative estimate of drug-likeness (QED) is 0.639. The predicted octanol–water partition coefficient (Wildman–Crippen LogP) is 0.565. The number of amides is 2. The van der Waals surface area contributed by atoms with Crippen LogP contribution in [0, 0.1) is 6.92 Å². The van der Waals surface area contributed by atoms with Crippen molar-refractivity contribution in [3.8, 4) is 0 Å². The Morgan fingerprint density at radius 1 is 1.21 bits per heavy atom. The number of rotatable bonds is 3. The molecule has 0 radical (unpaired) electrons. The highest BCUT2D eigenvalue weighted by molar-refractivity contribution is 6.39. The van der Waals surface area contributed by atoms with E-state index in [1.165, 1.54) is 14.2 Å². The average molecular weight is 264 g/mol. The first kappa shape index (κ1) is 14.7. The predicted molar refractivity (Wildman–Crippen MR) is 69.5 cm³/mol. The van der Waals surface area contributed by atoms with Crippen molar-refractivity contribution >= 4 is 23.5 Å². The Morgan fingerprint density at radius 2 is 1.79 bits per heavy atom. The van der Waals surface area contributed by atoms with Gasteiger partial charge in [-0.1, -0.05) is 17.7 Å². The second-order valence-corrected chi connectivity index (χ2v) is 4.06. The molecule has 0 aliphatic carbocycles. The van der Waals surface area contributed by atoms with E-state index in [-0.39, 0.29) is 6.54 Å². The van der Waals surface area contributed by atoms with Crippen molar-refractivity contribution in [3.63, 3.8) is 0 Å². The molecule has 1 rings (SSSR count). The number of ether oxygens (including phenoxy) is 1. The lowest BCUT2D eigenvalue weighted by molar-refractivity contribution is -0.148. The van der Waals surface area contributed by atoms with E-state index in [1.54, 1.807) is 12.1 Å². The molecule has 2 amide bonds. The molecule has 0 heterocycles. The highest BCUT2D eigenvalue weighted by Crippen LogP contribution is 2.08. The summed E-state index contributed by atoms with van der Waals surface area (Å²) in [4.78, 5) is 35.3. The summed E-state index contributed by atoms with van der Waals surface area (Å²) < 4.78 is 4.42. The van der Waals surface area contributed by atoms with Crippen molar-refractivity contribution in [2.75, 3.05) is 26.0 Å². The van der Waals surface area contributed by atoms with Crippen molar-refractivity contribution in [3.05, 3.63) is 29.8 Å². The molecule has 0 aliphatic rings. The third-order valence-electron chi connectivity index (χ3n) is 2.44. The second kappa shape index (κ2) is 6.53. The fourth-order valence-electron chi connectivity index (χ4n) is 1.32. The number of nitrogens with one attached hydrogen (secondary N) is 1. The van der Waals surface area contributed by atoms with Crippen molar-refractivity contribution in [2.24, 2.45) is 0 Å². The molecule has 0 bridgehead atoms. The molecule has 6 heteroatoms. The van der Waals surface area contributed by atoms with Crippen molar-refractivity contribution in [1.82, 2.24) is 4.90 Å². The first-order chi connectivity index (χ1) is 8.93. The summed E-state index contributed by atoms with van der Waals surface area (Å²) in [6.45, 7) is 1.65. The molecule has 1 N–H and O–H groups in total. The minimum absolute atomic E-state index is 0.267. The van der Waals surface area contributed by atoms with Gasteiger partial charge in [0.05, 0.1) is 7.11 Å². The maximum atomic E-state index is 11.7. The van der Waals surface area contributed by atoms with Gasteiger partial charge in [0.25, 0.3) is 0 Å². The molecular weight excluding hydrogens is 248 g/mol. The zero-order chi connectivity index (χ0) is 14.4. The number of carbonyl (C=O) groups is 3. The summed E-state index contributed by atoms with van der Waals surface area (Å²) in [6.07, 6.45) is 0. The van der Waals surface area contributed by atoms with Crippen LogP contribution < -0.4 is 5.32 Å². The average Bonchev–Trinajstić information content (AvgIpc) is 2.40. The number of carbonyl (C=O) groups excluding carboxylic acids is 3. The molecular formula is C13H16N2O4. The molecule has 6 nitrogen and oxygen atoms in total. The van der Waals surface area contributed by atoms with Gasteiger partial charge in [-0.3, -0.25) is 14.4 Å². The van der Waals surface area contributed by atoms with Crippen LogP contribution in [0.25, 0.3) is 0 Å². The van der Waals surface area contributed by atoms with E-state index < -0.39 is 17.8 Å². The third kappa shape index (κ3) is 4.42. The van der Waals surface area contributed by atoms with Gasteiger partial charge >= 0.3 is 17.8 Å². The largest absolute Gasteiger partial charge is 0.468 e. The molecule has 0 aromatic heterocycles.